The zero-order chi connectivity index (χ0) is 12.6. The molecule has 17 heavy (non-hydrogen) atoms. The van der Waals surface area contributed by atoms with Crippen molar-refractivity contribution in [1.82, 2.24) is 4.90 Å². The van der Waals surface area contributed by atoms with Crippen molar-refractivity contribution in [3.05, 3.63) is 35.4 Å². The number of hydrogen-bond acceptors (Lipinski definition) is 2. The molecule has 94 valence electrons. The van der Waals surface area contributed by atoms with Crippen molar-refractivity contribution < 1.29 is 13.2 Å². The number of rotatable bonds is 2. The smallest absolute Gasteiger partial charge is 0.323 e. The first-order valence-corrected chi connectivity index (χ1v) is 5.49. The maximum absolute atomic E-state index is 12.3. The van der Waals surface area contributed by atoms with Gasteiger partial charge in [-0.1, -0.05) is 24.3 Å². The van der Waals surface area contributed by atoms with Crippen LogP contribution in [0.25, 0.3) is 0 Å². The summed E-state index contributed by atoms with van der Waals surface area (Å²) in [6.07, 6.45) is -3.59. The van der Waals surface area contributed by atoms with Gasteiger partial charge in [0.05, 0.1) is 6.54 Å². The third-order valence-electron chi connectivity index (χ3n) is 3.25. The Morgan fingerprint density at radius 3 is 2.59 bits per heavy atom. The van der Waals surface area contributed by atoms with Crippen LogP contribution >= 0.6 is 0 Å². The lowest BCUT2D eigenvalue weighted by Gasteiger charge is -2.28. The fraction of sp³-hybridized carbons (Fsp3) is 0.500. The summed E-state index contributed by atoms with van der Waals surface area (Å²) in [7, 11) is 1.48. The van der Waals surface area contributed by atoms with E-state index in [0.717, 1.165) is 11.1 Å². The van der Waals surface area contributed by atoms with Crippen LogP contribution in [0.2, 0.25) is 0 Å². The zero-order valence-electron chi connectivity index (χ0n) is 9.54. The van der Waals surface area contributed by atoms with Crippen molar-refractivity contribution in [2.45, 2.75) is 24.7 Å². The molecule has 0 saturated heterocycles. The van der Waals surface area contributed by atoms with Crippen molar-refractivity contribution in [1.29, 1.82) is 0 Å². The Kier molecular flexibility index (Phi) is 3.14. The number of likely N-dealkylation sites (N-methyl/N-ethyl adjacent to an activating group) is 1. The molecule has 0 bridgehead atoms. The van der Waals surface area contributed by atoms with Gasteiger partial charge < -0.3 is 5.73 Å². The summed E-state index contributed by atoms with van der Waals surface area (Å²) in [6.45, 7) is -0.917. The average molecular weight is 244 g/mol. The normalized spacial score (nSPS) is 24.1. The van der Waals surface area contributed by atoms with Crippen LogP contribution in [-0.4, -0.2) is 30.7 Å². The maximum Gasteiger partial charge on any atom is 0.401 e. The molecule has 0 spiro atoms. The van der Waals surface area contributed by atoms with Gasteiger partial charge >= 0.3 is 6.18 Å². The van der Waals surface area contributed by atoms with E-state index < -0.39 is 12.7 Å². The summed E-state index contributed by atoms with van der Waals surface area (Å²) in [4.78, 5) is 1.30. The number of benzene rings is 1. The van der Waals surface area contributed by atoms with Gasteiger partial charge in [-0.2, -0.15) is 13.2 Å². The Morgan fingerprint density at radius 2 is 2.00 bits per heavy atom. The number of halogens is 3. The SMILES string of the molecule is CN(CC(F)(F)F)C1Cc2ccccc2C1N. The molecule has 1 aliphatic carbocycles. The molecule has 2 nitrogen and oxygen atoms in total. The number of hydrogen-bond donors (Lipinski definition) is 1. The average Bonchev–Trinajstić information content (AvgIpc) is 2.55. The lowest BCUT2D eigenvalue weighted by atomic mass is 10.1. The van der Waals surface area contributed by atoms with Crippen molar-refractivity contribution in [3.8, 4) is 0 Å². The minimum atomic E-state index is -4.18. The minimum Gasteiger partial charge on any atom is -0.323 e. The van der Waals surface area contributed by atoms with Gasteiger partial charge in [0.1, 0.15) is 0 Å². The minimum absolute atomic E-state index is 0.269. The molecule has 1 aromatic rings. The summed E-state index contributed by atoms with van der Waals surface area (Å²) in [6, 6.07) is 6.97. The predicted molar refractivity (Wildman–Crippen MR) is 59.5 cm³/mol. The van der Waals surface area contributed by atoms with E-state index in [1.807, 2.05) is 24.3 Å². The first kappa shape index (κ1) is 12.4. The quantitative estimate of drug-likeness (QED) is 0.863. The molecule has 0 aliphatic heterocycles. The first-order chi connectivity index (χ1) is 7.88. The second-order valence-electron chi connectivity index (χ2n) is 4.53. The van der Waals surface area contributed by atoms with Gasteiger partial charge in [-0.3, -0.25) is 4.90 Å². The van der Waals surface area contributed by atoms with Crippen molar-refractivity contribution >= 4 is 0 Å². The van der Waals surface area contributed by atoms with E-state index in [1.165, 1.54) is 11.9 Å². The molecule has 2 atom stereocenters. The van der Waals surface area contributed by atoms with E-state index >= 15 is 0 Å². The molecule has 0 aromatic heterocycles. The molecule has 2 rings (SSSR count). The molecule has 5 heteroatoms. The van der Waals surface area contributed by atoms with Gasteiger partial charge in [-0.25, -0.2) is 0 Å². The van der Waals surface area contributed by atoms with E-state index in [-0.39, 0.29) is 12.1 Å². The highest BCUT2D eigenvalue weighted by Crippen LogP contribution is 2.33. The highest BCUT2D eigenvalue weighted by molar-refractivity contribution is 5.36. The number of fused-ring (bicyclic) bond motifs is 1. The van der Waals surface area contributed by atoms with Gasteiger partial charge in [0, 0.05) is 12.1 Å². The highest BCUT2D eigenvalue weighted by atomic mass is 19.4. The molecule has 0 radical (unpaired) electrons. The Labute approximate surface area is 98.2 Å². The fourth-order valence-electron chi connectivity index (χ4n) is 2.43. The molecule has 2 N–H and O–H groups in total. The maximum atomic E-state index is 12.3. The largest absolute Gasteiger partial charge is 0.401 e. The Balaban J connectivity index is 2.12. The van der Waals surface area contributed by atoms with Crippen LogP contribution in [0.1, 0.15) is 17.2 Å². The van der Waals surface area contributed by atoms with E-state index in [9.17, 15) is 13.2 Å². The van der Waals surface area contributed by atoms with E-state index in [2.05, 4.69) is 0 Å². The van der Waals surface area contributed by atoms with Gasteiger partial charge in [-0.05, 0) is 24.6 Å². The standard InChI is InChI=1S/C12H15F3N2/c1-17(7-12(13,14)15)10-6-8-4-2-3-5-9(8)11(10)16/h2-5,10-11H,6-7,16H2,1H3. The van der Waals surface area contributed by atoms with Crippen LogP contribution in [-0.2, 0) is 6.42 Å². The second-order valence-corrected chi connectivity index (χ2v) is 4.53. The summed E-state index contributed by atoms with van der Waals surface area (Å²) < 4.78 is 37.0. The fourth-order valence-corrected chi connectivity index (χ4v) is 2.43. The molecular weight excluding hydrogens is 229 g/mol. The van der Waals surface area contributed by atoms with Crippen molar-refractivity contribution in [2.24, 2.45) is 5.73 Å². The molecule has 0 saturated carbocycles. The number of nitrogens with zero attached hydrogens (tertiary/aromatic N) is 1. The van der Waals surface area contributed by atoms with Crippen LogP contribution in [0.15, 0.2) is 24.3 Å². The lowest BCUT2D eigenvalue weighted by Crippen LogP contribution is -2.43. The van der Waals surface area contributed by atoms with Crippen molar-refractivity contribution in [3.63, 3.8) is 0 Å². The highest BCUT2D eigenvalue weighted by Gasteiger charge is 2.37. The molecule has 0 heterocycles. The van der Waals surface area contributed by atoms with Crippen LogP contribution in [0.5, 0.6) is 0 Å². The van der Waals surface area contributed by atoms with Crippen molar-refractivity contribution in [2.75, 3.05) is 13.6 Å². The van der Waals surface area contributed by atoms with Gasteiger partial charge in [0.2, 0.25) is 0 Å². The van der Waals surface area contributed by atoms with E-state index in [4.69, 9.17) is 5.73 Å². The van der Waals surface area contributed by atoms with Gasteiger partial charge in [0.15, 0.2) is 0 Å². The van der Waals surface area contributed by atoms with E-state index in [1.54, 1.807) is 0 Å². The third-order valence-corrected chi connectivity index (χ3v) is 3.25. The van der Waals surface area contributed by atoms with Crippen LogP contribution in [0.3, 0.4) is 0 Å². The summed E-state index contributed by atoms with van der Waals surface area (Å²) in [5.41, 5.74) is 8.02. The Hall–Kier alpha value is -1.07. The lowest BCUT2D eigenvalue weighted by molar-refractivity contribution is -0.147. The molecule has 0 amide bonds. The zero-order valence-corrected chi connectivity index (χ0v) is 9.54. The second kappa shape index (κ2) is 4.31. The van der Waals surface area contributed by atoms with Crippen LogP contribution < -0.4 is 5.73 Å². The van der Waals surface area contributed by atoms with Gasteiger partial charge in [0.25, 0.3) is 0 Å². The van der Waals surface area contributed by atoms with E-state index in [0.29, 0.717) is 6.42 Å². The Morgan fingerprint density at radius 1 is 1.35 bits per heavy atom. The third kappa shape index (κ3) is 2.61. The summed E-state index contributed by atoms with van der Waals surface area (Å²) in [5.74, 6) is 0. The molecule has 1 aromatic carbocycles. The number of nitrogens with two attached hydrogens (primary N) is 1. The summed E-state index contributed by atoms with van der Waals surface area (Å²) in [5, 5.41) is 0. The number of alkyl halides is 3. The van der Waals surface area contributed by atoms with Crippen LogP contribution in [0, 0.1) is 0 Å². The topological polar surface area (TPSA) is 29.3 Å². The van der Waals surface area contributed by atoms with Gasteiger partial charge in [-0.15, -0.1) is 0 Å². The monoisotopic (exact) mass is 244 g/mol. The first-order valence-electron chi connectivity index (χ1n) is 5.49. The predicted octanol–water partition coefficient (Wildman–Crippen LogP) is 2.11. The molecular formula is C12H15F3N2. The molecule has 0 fully saturated rings. The summed E-state index contributed by atoms with van der Waals surface area (Å²) >= 11 is 0. The molecule has 2 unspecified atom stereocenters. The van der Waals surface area contributed by atoms with Crippen LogP contribution in [0.4, 0.5) is 13.2 Å². The molecule has 1 aliphatic rings. The Bertz CT molecular complexity index is 403.